The summed E-state index contributed by atoms with van der Waals surface area (Å²) in [6.45, 7) is 5.12. The fourth-order valence-corrected chi connectivity index (χ4v) is 4.06. The first-order valence-electron chi connectivity index (χ1n) is 9.81. The molecule has 0 saturated carbocycles. The van der Waals surface area contributed by atoms with Gasteiger partial charge in [-0.3, -0.25) is 19.8 Å². The fourth-order valence-electron chi connectivity index (χ4n) is 3.77. The highest BCUT2D eigenvalue weighted by atomic mass is 35.5. The lowest BCUT2D eigenvalue weighted by atomic mass is 10.0. The van der Waals surface area contributed by atoms with E-state index in [4.69, 9.17) is 22.1 Å². The van der Waals surface area contributed by atoms with Crippen molar-refractivity contribution in [2.75, 3.05) is 32.0 Å². The van der Waals surface area contributed by atoms with Crippen LogP contribution in [0, 0.1) is 22.9 Å². The standard InChI is InChI=1S/C21H24ClFN4O4/c1-12-8-14(20(24)17(9-12)27(29)30)21(28)25-10-18(26-6-7-31-13(2)11-26)19-15(22)4-3-5-16(19)23/h3-5,8-9,13,18H,6-7,10-11,24H2,1-2H3,(H,25,28). The van der Waals surface area contributed by atoms with Gasteiger partial charge in [0.15, 0.2) is 0 Å². The molecule has 1 saturated heterocycles. The highest BCUT2D eigenvalue weighted by Crippen LogP contribution is 2.32. The van der Waals surface area contributed by atoms with Gasteiger partial charge in [-0.25, -0.2) is 4.39 Å². The molecule has 2 atom stereocenters. The van der Waals surface area contributed by atoms with Crippen molar-refractivity contribution in [1.82, 2.24) is 10.2 Å². The number of rotatable bonds is 6. The molecular weight excluding hydrogens is 427 g/mol. The molecule has 166 valence electrons. The molecule has 1 fully saturated rings. The SMILES string of the molecule is Cc1cc(C(=O)NCC(c2c(F)cccc2Cl)N2CCOC(C)C2)c(N)c([N+](=O)[O-])c1. The number of carbonyl (C=O) groups excluding carboxylic acids is 1. The summed E-state index contributed by atoms with van der Waals surface area (Å²) >= 11 is 6.31. The molecular formula is C21H24ClFN4O4. The number of nitrogens with two attached hydrogens (primary N) is 1. The number of nitrogens with zero attached hydrogens (tertiary/aromatic N) is 2. The Kier molecular flexibility index (Phi) is 7.09. The van der Waals surface area contributed by atoms with Gasteiger partial charge in [0.25, 0.3) is 11.6 Å². The number of nitro benzene ring substituents is 1. The van der Waals surface area contributed by atoms with Crippen LogP contribution in [0.2, 0.25) is 5.02 Å². The Morgan fingerprint density at radius 1 is 1.48 bits per heavy atom. The molecule has 2 aromatic carbocycles. The number of morpholine rings is 1. The second kappa shape index (κ2) is 9.59. The van der Waals surface area contributed by atoms with Crippen LogP contribution in [0.1, 0.15) is 34.5 Å². The van der Waals surface area contributed by atoms with E-state index in [2.05, 4.69) is 5.32 Å². The van der Waals surface area contributed by atoms with Crippen LogP contribution in [-0.4, -0.2) is 48.1 Å². The Morgan fingerprint density at radius 2 is 2.23 bits per heavy atom. The molecule has 1 aliphatic heterocycles. The Bertz CT molecular complexity index is 983. The van der Waals surface area contributed by atoms with Crippen LogP contribution in [0.15, 0.2) is 30.3 Å². The molecule has 2 unspecified atom stereocenters. The molecule has 0 aliphatic carbocycles. The van der Waals surface area contributed by atoms with Gasteiger partial charge < -0.3 is 15.8 Å². The van der Waals surface area contributed by atoms with E-state index in [1.807, 2.05) is 11.8 Å². The predicted octanol–water partition coefficient (Wildman–Crippen LogP) is 3.47. The van der Waals surface area contributed by atoms with Crippen molar-refractivity contribution >= 4 is 28.9 Å². The number of amides is 1. The minimum absolute atomic E-state index is 0.000395. The van der Waals surface area contributed by atoms with Crippen molar-refractivity contribution < 1.29 is 18.8 Å². The summed E-state index contributed by atoms with van der Waals surface area (Å²) in [5.41, 5.74) is 6.13. The van der Waals surface area contributed by atoms with E-state index in [0.29, 0.717) is 25.3 Å². The first-order valence-corrected chi connectivity index (χ1v) is 10.2. The molecule has 0 spiro atoms. The Labute approximate surface area is 184 Å². The second-order valence-corrected chi connectivity index (χ2v) is 7.95. The predicted molar refractivity (Wildman–Crippen MR) is 116 cm³/mol. The zero-order valence-electron chi connectivity index (χ0n) is 17.2. The molecule has 0 bridgehead atoms. The van der Waals surface area contributed by atoms with Crippen LogP contribution >= 0.6 is 11.6 Å². The van der Waals surface area contributed by atoms with Gasteiger partial charge in [0.05, 0.1) is 29.2 Å². The molecule has 0 aromatic heterocycles. The van der Waals surface area contributed by atoms with Crippen molar-refractivity contribution in [1.29, 1.82) is 0 Å². The van der Waals surface area contributed by atoms with E-state index in [9.17, 15) is 19.3 Å². The lowest BCUT2D eigenvalue weighted by Gasteiger charge is -2.38. The summed E-state index contributed by atoms with van der Waals surface area (Å²) in [5, 5.41) is 14.2. The third-order valence-electron chi connectivity index (χ3n) is 5.25. The van der Waals surface area contributed by atoms with Gasteiger partial charge in [0.1, 0.15) is 11.5 Å². The number of nitrogens with one attached hydrogen (secondary N) is 1. The van der Waals surface area contributed by atoms with Crippen LogP contribution in [0.4, 0.5) is 15.8 Å². The van der Waals surface area contributed by atoms with Gasteiger partial charge >= 0.3 is 0 Å². The van der Waals surface area contributed by atoms with E-state index in [1.165, 1.54) is 24.3 Å². The van der Waals surface area contributed by atoms with Crippen LogP contribution in [-0.2, 0) is 4.74 Å². The van der Waals surface area contributed by atoms with Crippen molar-refractivity contribution in [3.63, 3.8) is 0 Å². The maximum absolute atomic E-state index is 14.7. The van der Waals surface area contributed by atoms with E-state index < -0.39 is 22.7 Å². The number of ether oxygens (including phenoxy) is 1. The average molecular weight is 451 g/mol. The van der Waals surface area contributed by atoms with Crippen molar-refractivity contribution in [2.45, 2.75) is 26.0 Å². The van der Waals surface area contributed by atoms with Gasteiger partial charge in [0.2, 0.25) is 0 Å². The quantitative estimate of drug-likeness (QED) is 0.396. The Balaban J connectivity index is 1.89. The van der Waals surface area contributed by atoms with Crippen LogP contribution < -0.4 is 11.1 Å². The van der Waals surface area contributed by atoms with Gasteiger partial charge in [-0.15, -0.1) is 0 Å². The molecule has 8 nitrogen and oxygen atoms in total. The van der Waals surface area contributed by atoms with Crippen molar-refractivity contribution in [3.8, 4) is 0 Å². The molecule has 3 N–H and O–H groups in total. The van der Waals surface area contributed by atoms with Crippen LogP contribution in [0.5, 0.6) is 0 Å². The first kappa shape index (κ1) is 22.9. The number of nitro groups is 1. The summed E-state index contributed by atoms with van der Waals surface area (Å²) in [4.78, 5) is 25.5. The average Bonchev–Trinajstić information content (AvgIpc) is 2.71. The smallest absolute Gasteiger partial charge is 0.293 e. The summed E-state index contributed by atoms with van der Waals surface area (Å²) in [7, 11) is 0. The normalized spacial score (nSPS) is 17.9. The Morgan fingerprint density at radius 3 is 2.87 bits per heavy atom. The topological polar surface area (TPSA) is 111 Å². The molecule has 0 radical (unpaired) electrons. The lowest BCUT2D eigenvalue weighted by Crippen LogP contribution is -2.47. The largest absolute Gasteiger partial charge is 0.393 e. The summed E-state index contributed by atoms with van der Waals surface area (Å²) in [6, 6.07) is 6.68. The fraction of sp³-hybridized carbons (Fsp3) is 0.381. The number of nitrogen functional groups attached to an aromatic ring is 1. The van der Waals surface area contributed by atoms with E-state index in [-0.39, 0.29) is 40.2 Å². The van der Waals surface area contributed by atoms with Gasteiger partial charge in [-0.05, 0) is 37.6 Å². The number of anilines is 1. The highest BCUT2D eigenvalue weighted by molar-refractivity contribution is 6.31. The zero-order valence-corrected chi connectivity index (χ0v) is 18.0. The van der Waals surface area contributed by atoms with E-state index in [0.717, 1.165) is 0 Å². The van der Waals surface area contributed by atoms with Crippen LogP contribution in [0.3, 0.4) is 0 Å². The van der Waals surface area contributed by atoms with Gasteiger partial charge in [0, 0.05) is 36.3 Å². The monoisotopic (exact) mass is 450 g/mol. The first-order chi connectivity index (χ1) is 14.7. The van der Waals surface area contributed by atoms with Crippen molar-refractivity contribution in [2.24, 2.45) is 0 Å². The number of benzene rings is 2. The van der Waals surface area contributed by atoms with E-state index in [1.54, 1.807) is 13.0 Å². The molecule has 1 amide bonds. The molecule has 2 aromatic rings. The molecule has 1 aliphatic rings. The van der Waals surface area contributed by atoms with Crippen LogP contribution in [0.25, 0.3) is 0 Å². The van der Waals surface area contributed by atoms with Crippen molar-refractivity contribution in [3.05, 3.63) is 68.0 Å². The number of aryl methyl sites for hydroxylation is 1. The number of halogens is 2. The lowest BCUT2D eigenvalue weighted by molar-refractivity contribution is -0.384. The number of hydrogen-bond donors (Lipinski definition) is 2. The Hall–Kier alpha value is -2.75. The van der Waals surface area contributed by atoms with Gasteiger partial charge in [-0.2, -0.15) is 0 Å². The minimum Gasteiger partial charge on any atom is -0.393 e. The second-order valence-electron chi connectivity index (χ2n) is 7.54. The summed E-state index contributed by atoms with van der Waals surface area (Å²) < 4.78 is 20.3. The highest BCUT2D eigenvalue weighted by Gasteiger charge is 2.30. The minimum atomic E-state index is -0.629. The molecule has 10 heteroatoms. The third-order valence-corrected chi connectivity index (χ3v) is 5.58. The summed E-state index contributed by atoms with van der Waals surface area (Å²) in [5.74, 6) is -1.06. The maximum atomic E-state index is 14.7. The molecule has 31 heavy (non-hydrogen) atoms. The third kappa shape index (κ3) is 5.12. The number of hydrogen-bond acceptors (Lipinski definition) is 6. The zero-order chi connectivity index (χ0) is 22.7. The molecule has 1 heterocycles. The maximum Gasteiger partial charge on any atom is 0.293 e. The van der Waals surface area contributed by atoms with E-state index >= 15 is 0 Å². The van der Waals surface area contributed by atoms with Gasteiger partial charge in [-0.1, -0.05) is 17.7 Å². The number of carbonyl (C=O) groups is 1. The molecule has 3 rings (SSSR count). The summed E-state index contributed by atoms with van der Waals surface area (Å²) in [6.07, 6.45) is -0.0624.